The van der Waals surface area contributed by atoms with Gasteiger partial charge in [-0.15, -0.1) is 46.7 Å². The van der Waals surface area contributed by atoms with Gasteiger partial charge in [-0.2, -0.15) is 0 Å². The van der Waals surface area contributed by atoms with E-state index in [-0.39, 0.29) is 24.0 Å². The molecule has 19 heavy (non-hydrogen) atoms. The predicted octanol–water partition coefficient (Wildman–Crippen LogP) is 3.00. The molecular formula is C12H17IN4S2. The lowest BCUT2D eigenvalue weighted by atomic mass is 10.4. The van der Waals surface area contributed by atoms with Gasteiger partial charge in [-0.05, 0) is 19.1 Å². The van der Waals surface area contributed by atoms with Gasteiger partial charge in [0.2, 0.25) is 0 Å². The molecule has 0 aromatic carbocycles. The topological polar surface area (TPSA) is 49.3 Å². The molecule has 4 nitrogen and oxygen atoms in total. The number of aromatic nitrogens is 1. The van der Waals surface area contributed by atoms with E-state index >= 15 is 0 Å². The first kappa shape index (κ1) is 16.4. The maximum atomic E-state index is 4.22. The molecule has 0 spiro atoms. The van der Waals surface area contributed by atoms with Gasteiger partial charge in [0, 0.05) is 28.4 Å². The minimum absolute atomic E-state index is 0. The summed E-state index contributed by atoms with van der Waals surface area (Å²) in [5.74, 6) is 0.802. The molecule has 0 aliphatic carbocycles. The highest BCUT2D eigenvalue weighted by molar-refractivity contribution is 14.0. The van der Waals surface area contributed by atoms with E-state index in [2.05, 4.69) is 39.7 Å². The minimum atomic E-state index is 0. The maximum Gasteiger partial charge on any atom is 0.191 e. The molecule has 0 radical (unpaired) electrons. The lowest BCUT2D eigenvalue weighted by Crippen LogP contribution is -2.36. The summed E-state index contributed by atoms with van der Waals surface area (Å²) < 4.78 is 0. The molecule has 7 heteroatoms. The molecule has 0 fully saturated rings. The molecular weight excluding hydrogens is 391 g/mol. The Labute approximate surface area is 138 Å². The van der Waals surface area contributed by atoms with Crippen LogP contribution in [0.5, 0.6) is 0 Å². The van der Waals surface area contributed by atoms with Crippen molar-refractivity contribution in [3.8, 4) is 0 Å². The van der Waals surface area contributed by atoms with E-state index in [1.54, 1.807) is 29.7 Å². The van der Waals surface area contributed by atoms with E-state index in [1.165, 1.54) is 9.75 Å². The molecule has 0 saturated heterocycles. The van der Waals surface area contributed by atoms with Crippen LogP contribution in [-0.4, -0.2) is 18.0 Å². The fourth-order valence-electron chi connectivity index (χ4n) is 1.47. The van der Waals surface area contributed by atoms with Gasteiger partial charge in [0.1, 0.15) is 5.01 Å². The highest BCUT2D eigenvalue weighted by Crippen LogP contribution is 2.14. The zero-order valence-electron chi connectivity index (χ0n) is 10.8. The molecule has 2 aromatic heterocycles. The molecule has 0 amide bonds. The zero-order valence-corrected chi connectivity index (χ0v) is 14.8. The van der Waals surface area contributed by atoms with Crippen LogP contribution in [0.15, 0.2) is 28.7 Å². The average Bonchev–Trinajstić information content (AvgIpc) is 3.01. The molecule has 2 aromatic rings. The van der Waals surface area contributed by atoms with Crippen molar-refractivity contribution >= 4 is 52.6 Å². The zero-order chi connectivity index (χ0) is 12.8. The number of thiazole rings is 1. The van der Waals surface area contributed by atoms with Crippen LogP contribution in [0.2, 0.25) is 0 Å². The van der Waals surface area contributed by atoms with Gasteiger partial charge in [-0.1, -0.05) is 0 Å². The maximum absolute atomic E-state index is 4.22. The first-order chi connectivity index (χ1) is 8.78. The number of nitrogens with zero attached hydrogens (tertiary/aromatic N) is 2. The van der Waals surface area contributed by atoms with E-state index < -0.39 is 0 Å². The van der Waals surface area contributed by atoms with E-state index in [0.717, 1.165) is 17.5 Å². The Morgan fingerprint density at radius 2 is 2.11 bits per heavy atom. The second-order valence-electron chi connectivity index (χ2n) is 3.72. The summed E-state index contributed by atoms with van der Waals surface area (Å²) >= 11 is 3.44. The number of thiophene rings is 1. The van der Waals surface area contributed by atoms with E-state index in [1.807, 2.05) is 11.6 Å². The number of hydrogen-bond acceptors (Lipinski definition) is 4. The molecule has 0 aliphatic rings. The van der Waals surface area contributed by atoms with Crippen LogP contribution >= 0.6 is 46.7 Å². The smallest absolute Gasteiger partial charge is 0.191 e. The highest BCUT2D eigenvalue weighted by atomic mass is 127. The second kappa shape index (κ2) is 8.49. The molecule has 104 valence electrons. The quantitative estimate of drug-likeness (QED) is 0.465. The van der Waals surface area contributed by atoms with Crippen molar-refractivity contribution in [1.82, 2.24) is 15.6 Å². The Kier molecular flexibility index (Phi) is 7.32. The van der Waals surface area contributed by atoms with E-state index in [0.29, 0.717) is 6.54 Å². The fourth-order valence-corrected chi connectivity index (χ4v) is 2.86. The van der Waals surface area contributed by atoms with E-state index in [4.69, 9.17) is 0 Å². The molecule has 0 saturated carbocycles. The average molecular weight is 408 g/mol. The SMILES string of the molecule is CN=C(NCc1ccc(C)s1)NCc1nccs1.I. The van der Waals surface area contributed by atoms with Crippen molar-refractivity contribution in [3.05, 3.63) is 38.5 Å². The second-order valence-corrected chi connectivity index (χ2v) is 6.07. The van der Waals surface area contributed by atoms with Crippen LogP contribution < -0.4 is 10.6 Å². The van der Waals surface area contributed by atoms with Crippen LogP contribution in [0.1, 0.15) is 14.8 Å². The predicted molar refractivity (Wildman–Crippen MR) is 93.6 cm³/mol. The molecule has 0 atom stereocenters. The lowest BCUT2D eigenvalue weighted by Gasteiger charge is -2.09. The van der Waals surface area contributed by atoms with Gasteiger partial charge in [0.25, 0.3) is 0 Å². The number of aliphatic imine (C=N–C) groups is 1. The fraction of sp³-hybridized carbons (Fsp3) is 0.333. The van der Waals surface area contributed by atoms with Crippen LogP contribution in [0, 0.1) is 6.92 Å². The molecule has 2 N–H and O–H groups in total. The Morgan fingerprint density at radius 3 is 2.68 bits per heavy atom. The lowest BCUT2D eigenvalue weighted by molar-refractivity contribution is 0.811. The van der Waals surface area contributed by atoms with Crippen molar-refractivity contribution in [2.45, 2.75) is 20.0 Å². The van der Waals surface area contributed by atoms with Crippen molar-refractivity contribution in [2.24, 2.45) is 4.99 Å². The van der Waals surface area contributed by atoms with Gasteiger partial charge in [0.15, 0.2) is 5.96 Å². The Hall–Kier alpha value is -0.670. The van der Waals surface area contributed by atoms with Crippen LogP contribution in [-0.2, 0) is 13.1 Å². The summed E-state index contributed by atoms with van der Waals surface area (Å²) in [6.07, 6.45) is 1.81. The number of aryl methyl sites for hydroxylation is 1. The highest BCUT2D eigenvalue weighted by Gasteiger charge is 2.01. The summed E-state index contributed by atoms with van der Waals surface area (Å²) in [5, 5.41) is 9.56. The summed E-state index contributed by atoms with van der Waals surface area (Å²) in [7, 11) is 1.77. The summed E-state index contributed by atoms with van der Waals surface area (Å²) in [6, 6.07) is 4.27. The molecule has 2 rings (SSSR count). The van der Waals surface area contributed by atoms with Crippen molar-refractivity contribution in [3.63, 3.8) is 0 Å². The minimum Gasteiger partial charge on any atom is -0.352 e. The van der Waals surface area contributed by atoms with Crippen LogP contribution in [0.25, 0.3) is 0 Å². The Balaban J connectivity index is 0.00000180. The third-order valence-corrected chi connectivity index (χ3v) is 4.12. The summed E-state index contributed by atoms with van der Waals surface area (Å²) in [5.41, 5.74) is 0. The summed E-state index contributed by atoms with van der Waals surface area (Å²) in [4.78, 5) is 11.0. The van der Waals surface area contributed by atoms with Crippen LogP contribution in [0.4, 0.5) is 0 Å². The van der Waals surface area contributed by atoms with Crippen molar-refractivity contribution < 1.29 is 0 Å². The standard InChI is InChI=1S/C12H16N4S2.HI/c1-9-3-4-10(18-9)7-15-12(13-2)16-8-11-14-5-6-17-11;/h3-6H,7-8H2,1-2H3,(H2,13,15,16);1H. The van der Waals surface area contributed by atoms with Gasteiger partial charge in [0.05, 0.1) is 13.1 Å². The Morgan fingerprint density at radius 1 is 1.32 bits per heavy atom. The van der Waals surface area contributed by atoms with Gasteiger partial charge < -0.3 is 10.6 Å². The monoisotopic (exact) mass is 408 g/mol. The van der Waals surface area contributed by atoms with Crippen molar-refractivity contribution in [2.75, 3.05) is 7.05 Å². The number of halogens is 1. The Bertz CT molecular complexity index is 508. The third-order valence-electron chi connectivity index (χ3n) is 2.34. The number of guanidine groups is 1. The molecule has 2 heterocycles. The summed E-state index contributed by atoms with van der Waals surface area (Å²) in [6.45, 7) is 3.63. The van der Waals surface area contributed by atoms with Crippen molar-refractivity contribution in [1.29, 1.82) is 0 Å². The van der Waals surface area contributed by atoms with Gasteiger partial charge in [-0.3, -0.25) is 4.99 Å². The third kappa shape index (κ3) is 5.45. The number of hydrogen-bond donors (Lipinski definition) is 2. The first-order valence-electron chi connectivity index (χ1n) is 5.66. The van der Waals surface area contributed by atoms with E-state index in [9.17, 15) is 0 Å². The molecule has 0 aliphatic heterocycles. The normalized spacial score (nSPS) is 10.9. The number of rotatable bonds is 4. The molecule has 0 bridgehead atoms. The van der Waals surface area contributed by atoms with Gasteiger partial charge in [-0.25, -0.2) is 4.98 Å². The number of nitrogens with one attached hydrogen (secondary N) is 2. The van der Waals surface area contributed by atoms with Crippen LogP contribution in [0.3, 0.4) is 0 Å². The van der Waals surface area contributed by atoms with Gasteiger partial charge >= 0.3 is 0 Å². The first-order valence-corrected chi connectivity index (χ1v) is 7.36. The largest absolute Gasteiger partial charge is 0.352 e. The molecule has 0 unspecified atom stereocenters.